The molecule has 5 heterocycles. The van der Waals surface area contributed by atoms with Crippen LogP contribution in [0.5, 0.6) is 40.2 Å². The second kappa shape index (κ2) is 45.0. The van der Waals surface area contributed by atoms with Crippen LogP contribution in [-0.4, -0.2) is 164 Å². The molecule has 26 heteroatoms. The van der Waals surface area contributed by atoms with Crippen LogP contribution >= 0.6 is 0 Å². The second-order valence-electron chi connectivity index (χ2n) is 28.4. The quantitative estimate of drug-likeness (QED) is 0.0172. The Labute approximate surface area is 680 Å². The first-order chi connectivity index (χ1) is 52.4. The first kappa shape index (κ1) is 94.4. The summed E-state index contributed by atoms with van der Waals surface area (Å²) in [5, 5.41) is 47.3. The van der Waals surface area contributed by atoms with Gasteiger partial charge in [-0.1, -0.05) is 132 Å². The number of carbonyl (C=O) groups excluding carboxylic acids is 4. The van der Waals surface area contributed by atoms with Gasteiger partial charge in [-0.15, -0.1) is 0 Å². The zero-order valence-electron chi connectivity index (χ0n) is 66.5. The van der Waals surface area contributed by atoms with E-state index in [-0.39, 0.29) is 122 Å². The summed E-state index contributed by atoms with van der Waals surface area (Å²) in [5.74, 6) is 3.53. The van der Waals surface area contributed by atoms with Gasteiger partial charge in [0.25, 0.3) is 0 Å². The fourth-order valence-corrected chi connectivity index (χ4v) is 12.3. The number of carbonyl (C=O) groups is 4. The van der Waals surface area contributed by atoms with Crippen LogP contribution in [0.15, 0.2) is 140 Å². The standard InChI is InChI=1S/C33H42O8.C32H40O9.C20H24O6.CH4.H2NO.Na/c1-21-11-12-22(2)31-28(40-33(4,5)41-31)10-8-9-25-17-27(37-19-24-13-15-26(36-7)16-14-24)18-29(38-20-35-6)30(25)32(34)39-23(21)3;1-20-10-15-26(33)30-27(40-32(3,4)41-30)9-7-8-23-16-25(37-18-22-11-13-24(36-6)14-12-22)17-28(38-19-35-5)29(23)31(34)39-21(20)2;1-11-9-14-5-4-6-15(21)19(24)16(22)8-7-12(2)13(3)26-20(25)18(14)17(23)10-11;;1-2;/h8-9,11-18,21-23,28,31H,10,19-20H2,1-7H3;7-8,10-17,20-21,26-27,30,33H,9,18-19H2,1-6H3;4-5,7-10,12-13,15,19,21,23-24H,6H2,1-3H3;1H4;1-2H;/q;;;;-1;+1/b9-8+,12-11-;8-7+,15-10-;5-4+,8-7-;;;/t21-,22-,23+,28+,31?;20-,21+,26-,27+,30?;12-,13+,15+,19+;;;/m111.../s1. The predicted molar refractivity (Wildman–Crippen MR) is 419 cm³/mol. The van der Waals surface area contributed by atoms with Gasteiger partial charge >= 0.3 is 47.5 Å². The van der Waals surface area contributed by atoms with E-state index in [9.17, 15) is 39.6 Å². The molecule has 5 aromatic rings. The normalized spacial score (nSPS) is 27.2. The van der Waals surface area contributed by atoms with E-state index in [1.54, 1.807) is 71.4 Å². The van der Waals surface area contributed by atoms with Crippen LogP contribution in [0.2, 0.25) is 0 Å². The maximum atomic E-state index is 13.6. The minimum absolute atomic E-state index is 0. The van der Waals surface area contributed by atoms with Crippen molar-refractivity contribution in [2.45, 2.75) is 196 Å². The number of rotatable bonds is 14. The maximum Gasteiger partial charge on any atom is 1.00 e. The van der Waals surface area contributed by atoms with Crippen LogP contribution in [0.3, 0.4) is 0 Å². The molecule has 25 nitrogen and oxygen atoms in total. The monoisotopic (exact) mass is 1570 g/mol. The summed E-state index contributed by atoms with van der Waals surface area (Å²) in [6, 6.07) is 25.4. The molecule has 2 saturated heterocycles. The van der Waals surface area contributed by atoms with Crippen molar-refractivity contribution in [3.8, 4) is 40.2 Å². The molecule has 5 aromatic carbocycles. The van der Waals surface area contributed by atoms with Crippen molar-refractivity contribution in [3.05, 3.63) is 196 Å². The van der Waals surface area contributed by atoms with Gasteiger partial charge in [0.2, 0.25) is 0 Å². The maximum absolute atomic E-state index is 13.6. The Morgan fingerprint density at radius 3 is 1.30 bits per heavy atom. The summed E-state index contributed by atoms with van der Waals surface area (Å²) < 4.78 is 86.7. The number of hydrogen-bond donors (Lipinski definition) is 5. The number of hydrogen-bond acceptors (Lipinski definition) is 24. The molecular formula is C86H112NNaO24. The zero-order valence-corrected chi connectivity index (χ0v) is 68.5. The Morgan fingerprint density at radius 1 is 0.464 bits per heavy atom. The number of esters is 3. The molecule has 0 aliphatic carbocycles. The Balaban J connectivity index is 0.000000302. The Kier molecular flexibility index (Phi) is 37.9. The largest absolute Gasteiger partial charge is 1.00 e. The van der Waals surface area contributed by atoms with Crippen molar-refractivity contribution < 1.29 is 145 Å². The molecule has 0 amide bonds. The van der Waals surface area contributed by atoms with Crippen LogP contribution in [0.1, 0.15) is 167 Å². The van der Waals surface area contributed by atoms with Crippen molar-refractivity contribution in [1.29, 1.82) is 0 Å². The van der Waals surface area contributed by atoms with E-state index in [2.05, 4.69) is 19.1 Å². The number of aromatic hydroxyl groups is 1. The van der Waals surface area contributed by atoms with Crippen LogP contribution in [0.25, 0.3) is 24.1 Å². The van der Waals surface area contributed by atoms with Crippen molar-refractivity contribution in [1.82, 2.24) is 0 Å². The molecule has 6 N–H and O–H groups in total. The molecule has 0 saturated carbocycles. The van der Waals surface area contributed by atoms with Crippen LogP contribution in [0, 0.1) is 30.6 Å². The van der Waals surface area contributed by atoms with Gasteiger partial charge in [0.1, 0.15) is 107 Å². The number of aliphatic hydroxyl groups is 3. The number of ketones is 1. The van der Waals surface area contributed by atoms with E-state index in [0.29, 0.717) is 65.6 Å². The molecule has 606 valence electrons. The van der Waals surface area contributed by atoms with Crippen molar-refractivity contribution in [2.24, 2.45) is 23.7 Å². The molecule has 10 rings (SSSR count). The molecule has 2 unspecified atom stereocenters. The van der Waals surface area contributed by atoms with Crippen LogP contribution in [0.4, 0.5) is 0 Å². The summed E-state index contributed by atoms with van der Waals surface area (Å²) in [4.78, 5) is 51.6. The van der Waals surface area contributed by atoms with Crippen LogP contribution < -0.4 is 58.0 Å². The Hall–Kier alpha value is -8.22. The molecular weight excluding hydrogens is 1450 g/mol. The first-order valence-corrected chi connectivity index (χ1v) is 36.5. The summed E-state index contributed by atoms with van der Waals surface area (Å²) in [5.41, 5.74) is 4.88. The number of methoxy groups -OCH3 is 4. The molecule has 5 aliphatic heterocycles. The minimum atomic E-state index is -1.53. The van der Waals surface area contributed by atoms with E-state index < -0.39 is 78.0 Å². The van der Waals surface area contributed by atoms with Gasteiger partial charge in [-0.2, -0.15) is 0 Å². The van der Waals surface area contributed by atoms with Gasteiger partial charge in [0, 0.05) is 50.0 Å². The molecule has 14 atom stereocenters. The van der Waals surface area contributed by atoms with E-state index in [4.69, 9.17) is 82.2 Å². The van der Waals surface area contributed by atoms with E-state index in [1.807, 2.05) is 140 Å². The average molecular weight is 1570 g/mol. The van der Waals surface area contributed by atoms with Gasteiger partial charge in [0.15, 0.2) is 30.9 Å². The number of fused-ring (bicyclic) bond motifs is 5. The predicted octanol–water partition coefficient (Wildman–Crippen LogP) is 12.1. The number of ether oxygens (including phenoxy) is 15. The van der Waals surface area contributed by atoms with E-state index in [1.165, 1.54) is 38.5 Å². The molecule has 0 bridgehead atoms. The Morgan fingerprint density at radius 2 is 0.857 bits per heavy atom. The SMILES string of the molecule is C.COCOc1cc(OCc2ccc(OC)cc2)cc2c1C(=O)O[C@@H](C)[C@H](C)/C=C\[C@@H](C)C1OC(C)(C)O[C@H]1C/C=C/2.COCOc1cc(OCc2ccc(OC)cc2)cc2c1C(=O)O[C@@H](C)[C@H](C)/C=C\[C@@H](O)C1OC(C)(C)O[C@H]1C/C=C/2.Cc1cc(O)c2c(c1)/C=C/C[C@H](O)[C@H](O)C(=O)/C=C\[C@@H](C)[C@H](C)OC2=O.[NH-]O.[Na+]. The first-order valence-electron chi connectivity index (χ1n) is 36.5. The molecule has 0 spiro atoms. The van der Waals surface area contributed by atoms with Gasteiger partial charge in [-0.05, 0) is 157 Å². The topological polar surface area (TPSA) is 332 Å². The molecule has 112 heavy (non-hydrogen) atoms. The number of nitrogens with one attached hydrogen (secondary N) is 1. The molecule has 0 aromatic heterocycles. The average Bonchev–Trinajstić information content (AvgIpc) is 1.08. The number of phenols is 1. The van der Waals surface area contributed by atoms with Gasteiger partial charge in [-0.25, -0.2) is 14.4 Å². The summed E-state index contributed by atoms with van der Waals surface area (Å²) in [6.45, 7) is 23.0. The zero-order chi connectivity index (χ0) is 80.6. The van der Waals surface area contributed by atoms with Crippen molar-refractivity contribution in [3.63, 3.8) is 0 Å². The second-order valence-corrected chi connectivity index (χ2v) is 28.4. The third kappa shape index (κ3) is 27.2. The number of cyclic esters (lactones) is 3. The van der Waals surface area contributed by atoms with E-state index >= 15 is 0 Å². The number of benzene rings is 5. The minimum Gasteiger partial charge on any atom is -0.553 e. The molecule has 2 fully saturated rings. The summed E-state index contributed by atoms with van der Waals surface area (Å²) in [7, 11) is 6.29. The summed E-state index contributed by atoms with van der Waals surface area (Å²) >= 11 is 0. The van der Waals surface area contributed by atoms with Gasteiger partial charge in [0.05, 0.1) is 38.6 Å². The van der Waals surface area contributed by atoms with Crippen molar-refractivity contribution >= 4 is 41.9 Å². The van der Waals surface area contributed by atoms with Crippen LogP contribution in [-0.2, 0) is 60.6 Å². The number of aryl methyl sites for hydroxylation is 1. The summed E-state index contributed by atoms with van der Waals surface area (Å²) in [6.07, 6.45) is 15.8. The van der Waals surface area contributed by atoms with E-state index in [0.717, 1.165) is 28.2 Å². The smallest absolute Gasteiger partial charge is 0.553 e. The number of aliphatic hydroxyl groups excluding tert-OH is 3. The van der Waals surface area contributed by atoms with Gasteiger partial charge < -0.3 is 103 Å². The van der Waals surface area contributed by atoms with Crippen molar-refractivity contribution in [2.75, 3.05) is 42.0 Å². The molecule has 5 aliphatic rings. The number of phenolic OH excluding ortho intramolecular Hbond substituents is 1. The Bertz CT molecular complexity index is 3840. The van der Waals surface area contributed by atoms with Gasteiger partial charge in [-0.3, -0.25) is 4.79 Å². The molecule has 0 radical (unpaired) electrons. The fraction of sp³-hybridized carbons (Fsp3) is 0.465. The fourth-order valence-electron chi connectivity index (χ4n) is 12.3. The third-order valence-corrected chi connectivity index (χ3v) is 18.9. The third-order valence-electron chi connectivity index (χ3n) is 18.9.